The van der Waals surface area contributed by atoms with Gasteiger partial charge in [0.15, 0.2) is 10.6 Å². The molecule has 0 saturated carbocycles. The average molecular weight is 293 g/mol. The molecule has 0 aliphatic rings. The van der Waals surface area contributed by atoms with Gasteiger partial charge in [-0.05, 0) is 37.7 Å². The highest BCUT2D eigenvalue weighted by Gasteiger charge is 2.16. The van der Waals surface area contributed by atoms with Crippen molar-refractivity contribution in [2.45, 2.75) is 27.7 Å². The number of hydrogen-bond acceptors (Lipinski definition) is 4. The first-order valence-corrected chi connectivity index (χ1v) is 6.69. The highest BCUT2D eigenvalue weighted by Crippen LogP contribution is 2.35. The van der Waals surface area contributed by atoms with Crippen molar-refractivity contribution in [1.29, 1.82) is 0 Å². The molecule has 5 nitrogen and oxygen atoms in total. The minimum Gasteiger partial charge on any atom is -0.508 e. The second-order valence-corrected chi connectivity index (χ2v) is 4.47. The number of aromatic amines is 1. The van der Waals surface area contributed by atoms with Crippen LogP contribution in [0.3, 0.4) is 0 Å². The van der Waals surface area contributed by atoms with E-state index in [1.807, 2.05) is 13.8 Å². The molecule has 108 valence electrons. The molecule has 0 bridgehead atoms. The molecule has 1 aromatic carbocycles. The van der Waals surface area contributed by atoms with E-state index < -0.39 is 0 Å². The Kier molecular flexibility index (Phi) is 5.10. The predicted octanol–water partition coefficient (Wildman–Crippen LogP) is 3.84. The average Bonchev–Trinajstić information content (AvgIpc) is 2.72. The summed E-state index contributed by atoms with van der Waals surface area (Å²) in [6.07, 6.45) is 0. The minimum atomic E-state index is -0.0519. The Hall–Kier alpha value is -2.08. The number of aryl methyl sites for hydroxylation is 1. The summed E-state index contributed by atoms with van der Waals surface area (Å²) in [7, 11) is 0. The normalized spacial score (nSPS) is 9.80. The summed E-state index contributed by atoms with van der Waals surface area (Å²) < 4.78 is 2.04. The summed E-state index contributed by atoms with van der Waals surface area (Å²) >= 11 is 5.11. The third-order valence-corrected chi connectivity index (χ3v) is 2.85. The van der Waals surface area contributed by atoms with Gasteiger partial charge < -0.3 is 10.2 Å². The van der Waals surface area contributed by atoms with Gasteiger partial charge in [-0.3, -0.25) is 9.67 Å². The number of aromatic hydroxyl groups is 2. The molecular weight excluding hydrogens is 274 g/mol. The summed E-state index contributed by atoms with van der Waals surface area (Å²) in [4.78, 5) is 0. The molecule has 0 radical (unpaired) electrons. The van der Waals surface area contributed by atoms with Crippen molar-refractivity contribution < 1.29 is 10.2 Å². The van der Waals surface area contributed by atoms with Gasteiger partial charge in [0, 0.05) is 11.8 Å². The number of allylic oxidation sites excluding steroid dienone is 1. The molecule has 20 heavy (non-hydrogen) atoms. The van der Waals surface area contributed by atoms with Gasteiger partial charge in [-0.2, -0.15) is 5.10 Å². The second-order valence-electron chi connectivity index (χ2n) is 4.08. The largest absolute Gasteiger partial charge is 0.508 e. The second kappa shape index (κ2) is 6.38. The minimum absolute atomic E-state index is 0.00441. The maximum Gasteiger partial charge on any atom is 0.199 e. The summed E-state index contributed by atoms with van der Waals surface area (Å²) in [5.41, 5.74) is 1.91. The number of benzene rings is 1. The van der Waals surface area contributed by atoms with Crippen LogP contribution in [0.2, 0.25) is 0 Å². The van der Waals surface area contributed by atoms with E-state index in [4.69, 9.17) is 12.2 Å². The van der Waals surface area contributed by atoms with Crippen molar-refractivity contribution in [1.82, 2.24) is 14.8 Å². The highest BCUT2D eigenvalue weighted by atomic mass is 32.1. The Morgan fingerprint density at radius 1 is 1.35 bits per heavy atom. The van der Waals surface area contributed by atoms with E-state index in [-0.39, 0.29) is 11.5 Å². The van der Waals surface area contributed by atoms with Crippen LogP contribution in [0.25, 0.3) is 17.1 Å². The van der Waals surface area contributed by atoms with Gasteiger partial charge in [-0.1, -0.05) is 20.4 Å². The number of hydrogen-bond donors (Lipinski definition) is 3. The fraction of sp³-hybridized carbons (Fsp3) is 0.286. The van der Waals surface area contributed by atoms with E-state index in [9.17, 15) is 10.2 Å². The van der Waals surface area contributed by atoms with E-state index in [1.54, 1.807) is 24.5 Å². The number of phenolic OH excluding ortho intramolecular Hbond substituents is 2. The Labute approximate surface area is 123 Å². The van der Waals surface area contributed by atoms with Crippen LogP contribution in [0.15, 0.2) is 18.7 Å². The van der Waals surface area contributed by atoms with E-state index >= 15 is 0 Å². The monoisotopic (exact) mass is 293 g/mol. The van der Waals surface area contributed by atoms with Gasteiger partial charge in [0.1, 0.15) is 11.5 Å². The molecule has 0 atom stereocenters. The topological polar surface area (TPSA) is 74.1 Å². The lowest BCUT2D eigenvalue weighted by molar-refractivity contribution is 0.451. The molecule has 1 heterocycles. The van der Waals surface area contributed by atoms with Crippen molar-refractivity contribution in [3.8, 4) is 22.9 Å². The Bertz CT molecular complexity index is 663. The molecule has 2 aromatic rings. The number of aromatic nitrogens is 3. The maximum absolute atomic E-state index is 9.95. The first-order valence-electron chi connectivity index (χ1n) is 6.28. The molecule has 3 N–H and O–H groups in total. The van der Waals surface area contributed by atoms with E-state index in [1.165, 1.54) is 6.07 Å². The summed E-state index contributed by atoms with van der Waals surface area (Å²) in [6.45, 7) is 11.4. The Balaban J connectivity index is 0.000000956. The summed E-state index contributed by atoms with van der Waals surface area (Å²) in [5.74, 6) is 0.427. The molecule has 0 amide bonds. The lowest BCUT2D eigenvalue weighted by Gasteiger charge is -2.10. The maximum atomic E-state index is 9.95. The first kappa shape index (κ1) is 16.0. The summed E-state index contributed by atoms with van der Waals surface area (Å²) in [5, 5.41) is 26.1. The van der Waals surface area contributed by atoms with Crippen LogP contribution in [-0.2, 0) is 0 Å². The van der Waals surface area contributed by atoms with Crippen molar-refractivity contribution in [3.05, 3.63) is 29.0 Å². The molecular formula is C14H19N3O2S. The smallest absolute Gasteiger partial charge is 0.199 e. The number of H-pyrrole nitrogens is 1. The van der Waals surface area contributed by atoms with Crippen LogP contribution in [0.1, 0.15) is 26.3 Å². The predicted molar refractivity (Wildman–Crippen MR) is 83.3 cm³/mol. The van der Waals surface area contributed by atoms with Crippen molar-refractivity contribution >= 4 is 17.9 Å². The van der Waals surface area contributed by atoms with E-state index in [2.05, 4.69) is 16.8 Å². The quantitative estimate of drug-likeness (QED) is 0.735. The van der Waals surface area contributed by atoms with Gasteiger partial charge in [0.25, 0.3) is 0 Å². The lowest BCUT2D eigenvalue weighted by atomic mass is 10.1. The van der Waals surface area contributed by atoms with Gasteiger partial charge in [-0.15, -0.1) is 0 Å². The van der Waals surface area contributed by atoms with Crippen LogP contribution < -0.4 is 0 Å². The Morgan fingerprint density at radius 3 is 2.45 bits per heavy atom. The fourth-order valence-electron chi connectivity index (χ4n) is 1.86. The molecule has 0 saturated heterocycles. The van der Waals surface area contributed by atoms with Gasteiger partial charge in [-0.25, -0.2) is 0 Å². The molecule has 2 rings (SSSR count). The highest BCUT2D eigenvalue weighted by molar-refractivity contribution is 7.71. The van der Waals surface area contributed by atoms with Crippen LogP contribution in [0.4, 0.5) is 0 Å². The zero-order chi connectivity index (χ0) is 15.4. The zero-order valence-electron chi connectivity index (χ0n) is 12.1. The van der Waals surface area contributed by atoms with Crippen LogP contribution >= 0.6 is 12.2 Å². The van der Waals surface area contributed by atoms with Crippen molar-refractivity contribution in [3.63, 3.8) is 0 Å². The standard InChI is InChI=1S/C12H13N3O2S.C2H6/c1-6(2)15-11(13-14-12(15)18)10-7(3)4-8(16)5-9(10)17;1-2/h4-5,16-17H,1H2,2-3H3,(H,14,18);1-2H3. The number of nitrogens with one attached hydrogen (secondary N) is 1. The SMILES string of the molecule is C=C(C)n1c(-c2c(C)cc(O)cc2O)n[nH]c1=S.CC. The molecule has 1 aromatic heterocycles. The zero-order valence-corrected chi connectivity index (χ0v) is 12.9. The lowest BCUT2D eigenvalue weighted by Crippen LogP contribution is -1.98. The van der Waals surface area contributed by atoms with Crippen LogP contribution in [0, 0.1) is 11.7 Å². The molecule has 0 aliphatic heterocycles. The van der Waals surface area contributed by atoms with E-state index in [0.29, 0.717) is 27.4 Å². The van der Waals surface area contributed by atoms with Crippen LogP contribution in [-0.4, -0.2) is 25.0 Å². The first-order chi connectivity index (χ1) is 9.41. The van der Waals surface area contributed by atoms with Crippen molar-refractivity contribution in [2.24, 2.45) is 0 Å². The molecule has 0 unspecified atom stereocenters. The molecule has 0 spiro atoms. The third-order valence-electron chi connectivity index (χ3n) is 2.58. The van der Waals surface area contributed by atoms with Crippen molar-refractivity contribution in [2.75, 3.05) is 0 Å². The Morgan fingerprint density at radius 2 is 1.95 bits per heavy atom. The van der Waals surface area contributed by atoms with E-state index in [0.717, 1.165) is 0 Å². The summed E-state index contributed by atoms with van der Waals surface area (Å²) in [6, 6.07) is 2.82. The molecule has 0 aliphatic carbocycles. The fourth-order valence-corrected chi connectivity index (χ4v) is 2.15. The molecule has 6 heteroatoms. The van der Waals surface area contributed by atoms with Gasteiger partial charge in [0.05, 0.1) is 5.56 Å². The number of rotatable bonds is 2. The number of phenols is 2. The number of nitrogens with zero attached hydrogens (tertiary/aromatic N) is 2. The van der Waals surface area contributed by atoms with Gasteiger partial charge in [0.2, 0.25) is 0 Å². The molecule has 0 fully saturated rings. The van der Waals surface area contributed by atoms with Crippen LogP contribution in [0.5, 0.6) is 11.5 Å². The van der Waals surface area contributed by atoms with Gasteiger partial charge >= 0.3 is 0 Å². The third kappa shape index (κ3) is 2.91.